The number of para-hydroxylation sites is 1. The summed E-state index contributed by atoms with van der Waals surface area (Å²) in [4.78, 5) is 19.2. The molecule has 148 valence electrons. The second kappa shape index (κ2) is 8.57. The minimum atomic E-state index is -0.0696. The van der Waals surface area contributed by atoms with Crippen LogP contribution in [0.2, 0.25) is 0 Å². The number of hydrogen-bond donors (Lipinski definition) is 0. The molecule has 1 fully saturated rings. The normalized spacial score (nSPS) is 16.4. The molecule has 1 amide bonds. The number of hydrogen-bond acceptors (Lipinski definition) is 7. The predicted molar refractivity (Wildman–Crippen MR) is 111 cm³/mol. The van der Waals surface area contributed by atoms with Gasteiger partial charge in [-0.1, -0.05) is 43.2 Å². The molecule has 0 aliphatic heterocycles. The van der Waals surface area contributed by atoms with Crippen molar-refractivity contribution in [3.8, 4) is 0 Å². The Bertz CT molecular complexity index is 916. The molecular formula is C19H24N6OS2. The summed E-state index contributed by atoms with van der Waals surface area (Å²) in [5.74, 6) is 0.369. The molecule has 1 aromatic carbocycles. The summed E-state index contributed by atoms with van der Waals surface area (Å²) in [6.45, 7) is 2.02. The number of thioether (sulfide) groups is 1. The molecular weight excluding hydrogens is 392 g/mol. The molecule has 0 N–H and O–H groups in total. The molecule has 0 bridgehead atoms. The maximum atomic E-state index is 12.8. The van der Waals surface area contributed by atoms with Gasteiger partial charge in [0.2, 0.25) is 11.1 Å². The number of thiazole rings is 1. The second-order valence-electron chi connectivity index (χ2n) is 7.19. The van der Waals surface area contributed by atoms with Gasteiger partial charge in [-0.3, -0.25) is 4.79 Å². The third-order valence-corrected chi connectivity index (χ3v) is 7.47. The molecule has 28 heavy (non-hydrogen) atoms. The largest absolute Gasteiger partial charge is 0.336 e. The van der Waals surface area contributed by atoms with Gasteiger partial charge in [0.25, 0.3) is 0 Å². The number of rotatable bonds is 6. The molecule has 7 nitrogen and oxygen atoms in total. The molecule has 1 aliphatic carbocycles. The lowest BCUT2D eigenvalue weighted by atomic mass is 9.96. The van der Waals surface area contributed by atoms with Gasteiger partial charge in [0, 0.05) is 7.05 Å². The summed E-state index contributed by atoms with van der Waals surface area (Å²) >= 11 is 3.06. The van der Waals surface area contributed by atoms with Crippen molar-refractivity contribution in [3.63, 3.8) is 0 Å². The smallest absolute Gasteiger partial charge is 0.233 e. The topological polar surface area (TPSA) is 76.8 Å². The van der Waals surface area contributed by atoms with E-state index in [1.165, 1.54) is 31.0 Å². The molecule has 1 atom stereocenters. The fourth-order valence-corrected chi connectivity index (χ4v) is 5.44. The van der Waals surface area contributed by atoms with E-state index in [1.807, 2.05) is 36.9 Å². The van der Waals surface area contributed by atoms with E-state index in [-0.39, 0.29) is 11.9 Å². The van der Waals surface area contributed by atoms with Crippen molar-refractivity contribution in [2.45, 2.75) is 56.3 Å². The van der Waals surface area contributed by atoms with E-state index in [9.17, 15) is 4.79 Å². The van der Waals surface area contributed by atoms with E-state index in [1.54, 1.807) is 16.2 Å². The number of carbonyl (C=O) groups excluding carboxylic acids is 1. The summed E-state index contributed by atoms with van der Waals surface area (Å²) in [5, 5.41) is 13.8. The molecule has 1 saturated carbocycles. The van der Waals surface area contributed by atoms with Crippen LogP contribution in [0.3, 0.4) is 0 Å². The zero-order valence-corrected chi connectivity index (χ0v) is 17.7. The molecule has 0 saturated heterocycles. The van der Waals surface area contributed by atoms with Crippen LogP contribution in [0.1, 0.15) is 56.1 Å². The number of benzene rings is 1. The number of amides is 1. The monoisotopic (exact) mass is 416 g/mol. The van der Waals surface area contributed by atoms with Gasteiger partial charge >= 0.3 is 0 Å². The van der Waals surface area contributed by atoms with Gasteiger partial charge in [0.05, 0.1) is 28.1 Å². The van der Waals surface area contributed by atoms with Crippen molar-refractivity contribution in [1.82, 2.24) is 30.1 Å². The molecule has 1 aliphatic rings. The third kappa shape index (κ3) is 4.05. The van der Waals surface area contributed by atoms with Crippen molar-refractivity contribution in [2.75, 3.05) is 12.8 Å². The SMILES string of the molecule is C[C@H](c1nc2ccccc2s1)N(C)C(=O)CSc1nnnn1C1CCCCC1. The minimum absolute atomic E-state index is 0.0509. The van der Waals surface area contributed by atoms with Crippen LogP contribution < -0.4 is 0 Å². The number of tetrazole rings is 1. The van der Waals surface area contributed by atoms with Crippen molar-refractivity contribution >= 4 is 39.2 Å². The summed E-state index contributed by atoms with van der Waals surface area (Å²) in [5.41, 5.74) is 0.983. The van der Waals surface area contributed by atoms with Crippen LogP contribution in [0.15, 0.2) is 29.4 Å². The Labute approximate surface area is 172 Å². The van der Waals surface area contributed by atoms with Crippen molar-refractivity contribution in [2.24, 2.45) is 0 Å². The molecule has 0 unspecified atom stereocenters. The Morgan fingerprint density at radius 1 is 1.32 bits per heavy atom. The Morgan fingerprint density at radius 2 is 2.11 bits per heavy atom. The third-order valence-electron chi connectivity index (χ3n) is 5.35. The van der Waals surface area contributed by atoms with Crippen LogP contribution in [0.5, 0.6) is 0 Å². The van der Waals surface area contributed by atoms with Crippen LogP contribution in [0.4, 0.5) is 0 Å². The van der Waals surface area contributed by atoms with Crippen LogP contribution in [0, 0.1) is 0 Å². The van der Waals surface area contributed by atoms with E-state index in [0.29, 0.717) is 11.8 Å². The quantitative estimate of drug-likeness (QED) is 0.563. The predicted octanol–water partition coefficient (Wildman–Crippen LogP) is 4.10. The van der Waals surface area contributed by atoms with Gasteiger partial charge in [0.1, 0.15) is 5.01 Å². The lowest BCUT2D eigenvalue weighted by Crippen LogP contribution is -2.31. The van der Waals surface area contributed by atoms with Gasteiger partial charge in [-0.25, -0.2) is 9.67 Å². The lowest BCUT2D eigenvalue weighted by molar-refractivity contribution is -0.128. The second-order valence-corrected chi connectivity index (χ2v) is 9.19. The van der Waals surface area contributed by atoms with Crippen LogP contribution in [0.25, 0.3) is 10.2 Å². The van der Waals surface area contributed by atoms with Crippen LogP contribution in [-0.4, -0.2) is 48.8 Å². The summed E-state index contributed by atoms with van der Waals surface area (Å²) in [6, 6.07) is 8.35. The molecule has 3 aromatic rings. The average molecular weight is 417 g/mol. The fraction of sp³-hybridized carbons (Fsp3) is 0.526. The van der Waals surface area contributed by atoms with Gasteiger partial charge in [-0.05, 0) is 42.3 Å². The molecule has 4 rings (SSSR count). The Kier molecular flexibility index (Phi) is 5.91. The molecule has 0 radical (unpaired) electrons. The van der Waals surface area contributed by atoms with Gasteiger partial charge in [-0.2, -0.15) is 0 Å². The van der Waals surface area contributed by atoms with Gasteiger partial charge < -0.3 is 4.90 Å². The first-order valence-electron chi connectivity index (χ1n) is 9.65. The minimum Gasteiger partial charge on any atom is -0.336 e. The molecule has 0 spiro atoms. The number of nitrogens with zero attached hydrogens (tertiary/aromatic N) is 6. The standard InChI is InChI=1S/C19H24N6OS2/c1-13(18-20-15-10-6-7-11-16(15)28-18)24(2)17(26)12-27-19-21-22-23-25(19)14-8-4-3-5-9-14/h6-7,10-11,13-14H,3-5,8-9,12H2,1-2H3/t13-/m1/s1. The van der Waals surface area contributed by atoms with E-state index in [0.717, 1.165) is 33.2 Å². The average Bonchev–Trinajstić information content (AvgIpc) is 3.38. The number of fused-ring (bicyclic) bond motifs is 1. The summed E-state index contributed by atoms with van der Waals surface area (Å²) in [7, 11) is 1.84. The highest BCUT2D eigenvalue weighted by atomic mass is 32.2. The summed E-state index contributed by atoms with van der Waals surface area (Å²) in [6.07, 6.45) is 5.95. The first-order valence-corrected chi connectivity index (χ1v) is 11.5. The van der Waals surface area contributed by atoms with Crippen molar-refractivity contribution in [3.05, 3.63) is 29.3 Å². The van der Waals surface area contributed by atoms with Crippen molar-refractivity contribution < 1.29 is 4.79 Å². The highest BCUT2D eigenvalue weighted by Gasteiger charge is 2.24. The van der Waals surface area contributed by atoms with E-state index >= 15 is 0 Å². The Balaban J connectivity index is 1.39. The Morgan fingerprint density at radius 3 is 2.89 bits per heavy atom. The maximum absolute atomic E-state index is 12.8. The van der Waals surface area contributed by atoms with Gasteiger partial charge in [-0.15, -0.1) is 16.4 Å². The highest BCUT2D eigenvalue weighted by molar-refractivity contribution is 7.99. The maximum Gasteiger partial charge on any atom is 0.233 e. The van der Waals surface area contributed by atoms with E-state index in [4.69, 9.17) is 0 Å². The van der Waals surface area contributed by atoms with Crippen LogP contribution in [-0.2, 0) is 4.79 Å². The van der Waals surface area contributed by atoms with E-state index < -0.39 is 0 Å². The number of carbonyl (C=O) groups is 1. The van der Waals surface area contributed by atoms with E-state index in [2.05, 4.69) is 26.6 Å². The highest BCUT2D eigenvalue weighted by Crippen LogP contribution is 2.31. The Hall–Kier alpha value is -2.00. The summed E-state index contributed by atoms with van der Waals surface area (Å²) < 4.78 is 3.06. The lowest BCUT2D eigenvalue weighted by Gasteiger charge is -2.24. The van der Waals surface area contributed by atoms with Crippen molar-refractivity contribution in [1.29, 1.82) is 0 Å². The molecule has 2 heterocycles. The number of aromatic nitrogens is 5. The van der Waals surface area contributed by atoms with Crippen LogP contribution >= 0.6 is 23.1 Å². The zero-order chi connectivity index (χ0) is 19.5. The zero-order valence-electron chi connectivity index (χ0n) is 16.1. The first-order chi connectivity index (χ1) is 13.6. The molecule has 9 heteroatoms. The fourth-order valence-electron chi connectivity index (χ4n) is 3.51. The van der Waals surface area contributed by atoms with Gasteiger partial charge in [0.15, 0.2) is 0 Å². The first kappa shape index (κ1) is 19.3. The molecule has 2 aromatic heterocycles.